The molecule has 36 heavy (non-hydrogen) atoms. The highest BCUT2D eigenvalue weighted by Gasteiger charge is 2.63. The van der Waals surface area contributed by atoms with Crippen LogP contribution in [0.5, 0.6) is 0 Å². The van der Waals surface area contributed by atoms with Crippen LogP contribution in [0, 0.1) is 29.1 Å². The number of hydrogen-bond acceptors (Lipinski definition) is 1. The van der Waals surface area contributed by atoms with Gasteiger partial charge >= 0.3 is 0 Å². The molecule has 5 rings (SSSR count). The Morgan fingerprint density at radius 2 is 1.44 bits per heavy atom. The third-order valence-corrected chi connectivity index (χ3v) is 15.2. The molecular formula is C34H48OSi. The van der Waals surface area contributed by atoms with Crippen molar-refractivity contribution in [1.82, 2.24) is 0 Å². The van der Waals surface area contributed by atoms with Crippen molar-refractivity contribution in [3.05, 3.63) is 72.3 Å². The molecule has 1 nitrogen and oxygen atoms in total. The predicted octanol–water partition coefficient (Wildman–Crippen LogP) is 8.14. The molecule has 3 aliphatic rings. The third-order valence-electron chi connectivity index (χ3n) is 10.1. The SMILES string of the molecule is C[C@H]1C[C@@H]2[C@H]([C@@H]3CC[C@@H](O[Si](c4ccccc4)(c4ccccc4)C(C)(C)C)CCCC/C=C\31)C2(C)C. The fourth-order valence-electron chi connectivity index (χ4n) is 8.18. The summed E-state index contributed by atoms with van der Waals surface area (Å²) >= 11 is 0. The van der Waals surface area contributed by atoms with Gasteiger partial charge in [0.15, 0.2) is 0 Å². The first kappa shape index (κ1) is 26.0. The molecule has 2 aromatic rings. The molecular weight excluding hydrogens is 452 g/mol. The fraction of sp³-hybridized carbons (Fsp3) is 0.588. The smallest absolute Gasteiger partial charge is 0.261 e. The molecule has 0 amide bonds. The van der Waals surface area contributed by atoms with Crippen LogP contribution in [0.1, 0.15) is 86.5 Å². The lowest BCUT2D eigenvalue weighted by Gasteiger charge is -2.45. The third kappa shape index (κ3) is 4.58. The maximum absolute atomic E-state index is 7.67. The molecule has 5 atom stereocenters. The molecule has 0 radical (unpaired) electrons. The van der Waals surface area contributed by atoms with Crippen molar-refractivity contribution in [1.29, 1.82) is 0 Å². The number of rotatable bonds is 4. The first-order chi connectivity index (χ1) is 17.2. The monoisotopic (exact) mass is 500 g/mol. The number of benzene rings is 2. The molecule has 0 aliphatic heterocycles. The van der Waals surface area contributed by atoms with E-state index in [-0.39, 0.29) is 5.04 Å². The second-order valence-corrected chi connectivity index (χ2v) is 17.9. The molecule has 0 heterocycles. The Morgan fingerprint density at radius 1 is 0.833 bits per heavy atom. The molecule has 0 unspecified atom stereocenters. The molecule has 2 aromatic carbocycles. The molecule has 2 fully saturated rings. The number of allylic oxidation sites excluding steroid dienone is 2. The Labute approximate surface area is 221 Å². The highest BCUT2D eigenvalue weighted by Crippen LogP contribution is 2.69. The highest BCUT2D eigenvalue weighted by atomic mass is 28.4. The predicted molar refractivity (Wildman–Crippen MR) is 156 cm³/mol. The second kappa shape index (κ2) is 9.91. The maximum Gasteiger partial charge on any atom is 0.261 e. The van der Waals surface area contributed by atoms with Crippen molar-refractivity contribution in [2.24, 2.45) is 29.1 Å². The summed E-state index contributed by atoms with van der Waals surface area (Å²) in [6.07, 6.45) is 11.9. The minimum absolute atomic E-state index is 0.0407. The van der Waals surface area contributed by atoms with Crippen LogP contribution in [0.3, 0.4) is 0 Å². The molecule has 0 aromatic heterocycles. The summed E-state index contributed by atoms with van der Waals surface area (Å²) in [5.41, 5.74) is 2.32. The lowest BCUT2D eigenvalue weighted by Crippen LogP contribution is -2.67. The molecule has 0 N–H and O–H groups in total. The van der Waals surface area contributed by atoms with Crippen molar-refractivity contribution >= 4 is 18.7 Å². The van der Waals surface area contributed by atoms with Gasteiger partial charge in [-0.25, -0.2) is 0 Å². The van der Waals surface area contributed by atoms with Crippen molar-refractivity contribution in [2.75, 3.05) is 0 Å². The van der Waals surface area contributed by atoms with Gasteiger partial charge in [0.25, 0.3) is 8.32 Å². The minimum Gasteiger partial charge on any atom is -0.404 e. The largest absolute Gasteiger partial charge is 0.404 e. The van der Waals surface area contributed by atoms with Gasteiger partial charge in [-0.2, -0.15) is 0 Å². The van der Waals surface area contributed by atoms with Crippen molar-refractivity contribution in [3.8, 4) is 0 Å². The van der Waals surface area contributed by atoms with Gasteiger partial charge in [-0.3, -0.25) is 0 Å². The van der Waals surface area contributed by atoms with E-state index in [1.807, 2.05) is 0 Å². The summed E-state index contributed by atoms with van der Waals surface area (Å²) in [7, 11) is -2.51. The van der Waals surface area contributed by atoms with Crippen LogP contribution < -0.4 is 10.4 Å². The standard InChI is InChI=1S/C34H48OSi/c1-25-24-31-32(34(31,5)6)30-23-22-26(16-10-7-15-21-29(25)30)35-36(33(2,3)4,27-17-11-8-12-18-27)28-19-13-9-14-20-28/h8-9,11-14,17-21,25-26,30-32H,7,10,15-16,22-24H2,1-6H3/b29-21-/t25-,26-,30+,31+,32-/m0/s1. The topological polar surface area (TPSA) is 9.23 Å². The zero-order valence-corrected chi connectivity index (χ0v) is 24.6. The van der Waals surface area contributed by atoms with E-state index in [4.69, 9.17) is 4.43 Å². The van der Waals surface area contributed by atoms with Gasteiger partial charge in [-0.15, -0.1) is 0 Å². The highest BCUT2D eigenvalue weighted by molar-refractivity contribution is 6.99. The van der Waals surface area contributed by atoms with Crippen LogP contribution in [0.2, 0.25) is 5.04 Å². The first-order valence-corrected chi connectivity index (χ1v) is 16.6. The van der Waals surface area contributed by atoms with Gasteiger partial charge in [-0.05, 0) is 83.0 Å². The fourth-order valence-corrected chi connectivity index (χ4v) is 12.9. The van der Waals surface area contributed by atoms with E-state index in [0.29, 0.717) is 11.5 Å². The number of hydrogen-bond donors (Lipinski definition) is 0. The van der Waals surface area contributed by atoms with Gasteiger partial charge in [-0.1, -0.05) is 120 Å². The van der Waals surface area contributed by atoms with Crippen LogP contribution in [-0.4, -0.2) is 14.4 Å². The van der Waals surface area contributed by atoms with Gasteiger partial charge in [0, 0.05) is 6.10 Å². The van der Waals surface area contributed by atoms with Gasteiger partial charge in [0.1, 0.15) is 0 Å². The summed E-state index contributed by atoms with van der Waals surface area (Å²) in [4.78, 5) is 0. The molecule has 3 aliphatic carbocycles. The van der Waals surface area contributed by atoms with E-state index < -0.39 is 8.32 Å². The minimum atomic E-state index is -2.51. The van der Waals surface area contributed by atoms with Gasteiger partial charge < -0.3 is 4.43 Å². The summed E-state index contributed by atoms with van der Waals surface area (Å²) in [5, 5.41) is 2.87. The average molecular weight is 501 g/mol. The molecule has 0 spiro atoms. The van der Waals surface area contributed by atoms with E-state index in [9.17, 15) is 0 Å². The normalized spacial score (nSPS) is 31.9. The second-order valence-electron chi connectivity index (χ2n) is 13.7. The van der Waals surface area contributed by atoms with E-state index in [2.05, 4.69) is 108 Å². The summed E-state index contributed by atoms with van der Waals surface area (Å²) in [6.45, 7) is 14.8. The quantitative estimate of drug-likeness (QED) is 0.304. The van der Waals surface area contributed by atoms with E-state index in [0.717, 1.165) is 23.7 Å². The Hall–Kier alpha value is -1.64. The van der Waals surface area contributed by atoms with Crippen LogP contribution in [0.15, 0.2) is 72.3 Å². The zero-order valence-electron chi connectivity index (χ0n) is 23.6. The summed E-state index contributed by atoms with van der Waals surface area (Å²) < 4.78 is 7.67. The van der Waals surface area contributed by atoms with E-state index in [1.54, 1.807) is 5.57 Å². The molecule has 0 saturated heterocycles. The maximum atomic E-state index is 7.67. The average Bonchev–Trinajstić information content (AvgIpc) is 3.40. The molecule has 194 valence electrons. The Morgan fingerprint density at radius 3 is 2.03 bits per heavy atom. The Balaban J connectivity index is 1.50. The van der Waals surface area contributed by atoms with Crippen molar-refractivity contribution in [2.45, 2.75) is 97.6 Å². The van der Waals surface area contributed by atoms with Gasteiger partial charge in [0.05, 0.1) is 0 Å². The molecule has 0 bridgehead atoms. The first-order valence-electron chi connectivity index (χ1n) is 14.6. The summed E-state index contributed by atoms with van der Waals surface area (Å²) in [5.74, 6) is 3.33. The van der Waals surface area contributed by atoms with Crippen molar-refractivity contribution in [3.63, 3.8) is 0 Å². The zero-order chi connectivity index (χ0) is 25.6. The number of fused-ring (bicyclic) bond motifs is 3. The van der Waals surface area contributed by atoms with Crippen LogP contribution in [0.25, 0.3) is 0 Å². The lowest BCUT2D eigenvalue weighted by atomic mass is 9.74. The van der Waals surface area contributed by atoms with E-state index >= 15 is 0 Å². The van der Waals surface area contributed by atoms with Gasteiger partial charge in [0.2, 0.25) is 0 Å². The lowest BCUT2D eigenvalue weighted by molar-refractivity contribution is 0.150. The van der Waals surface area contributed by atoms with E-state index in [1.165, 1.54) is 55.3 Å². The molecule has 2 heteroatoms. The summed E-state index contributed by atoms with van der Waals surface area (Å²) in [6, 6.07) is 22.5. The Kier molecular flexibility index (Phi) is 7.15. The Bertz CT molecular complexity index is 1010. The van der Waals surface area contributed by atoms with Crippen LogP contribution in [-0.2, 0) is 4.43 Å². The van der Waals surface area contributed by atoms with Crippen molar-refractivity contribution < 1.29 is 4.43 Å². The van der Waals surface area contributed by atoms with Crippen LogP contribution >= 0.6 is 0 Å². The van der Waals surface area contributed by atoms with Crippen LogP contribution in [0.4, 0.5) is 0 Å². The molecule has 2 saturated carbocycles.